The van der Waals surface area contributed by atoms with Crippen LogP contribution in [0.3, 0.4) is 0 Å². The zero-order chi connectivity index (χ0) is 21.3. The van der Waals surface area contributed by atoms with Crippen LogP contribution in [0.4, 0.5) is 11.9 Å². The van der Waals surface area contributed by atoms with E-state index in [2.05, 4.69) is 32.7 Å². The molecule has 2 fully saturated rings. The van der Waals surface area contributed by atoms with Crippen molar-refractivity contribution in [3.63, 3.8) is 0 Å². The molecule has 3 N–H and O–H groups in total. The summed E-state index contributed by atoms with van der Waals surface area (Å²) >= 11 is 0. The van der Waals surface area contributed by atoms with Gasteiger partial charge in [-0.1, -0.05) is 26.2 Å². The molecule has 0 unspecified atom stereocenters. The van der Waals surface area contributed by atoms with Crippen LogP contribution in [-0.2, 0) is 14.3 Å². The highest BCUT2D eigenvalue weighted by molar-refractivity contribution is 5.80. The highest BCUT2D eigenvalue weighted by atomic mass is 16.5. The number of carbonyl (C=O) groups excluding carboxylic acids is 2. The predicted octanol–water partition coefficient (Wildman–Crippen LogP) is 1.07. The van der Waals surface area contributed by atoms with Crippen LogP contribution in [-0.4, -0.2) is 70.4 Å². The molecule has 0 bridgehead atoms. The molecule has 2 aliphatic rings. The van der Waals surface area contributed by atoms with Crippen LogP contribution >= 0.6 is 0 Å². The molecule has 166 valence electrons. The number of hydrogen-bond donors (Lipinski definition) is 3. The average Bonchev–Trinajstić information content (AvgIpc) is 3.62. The van der Waals surface area contributed by atoms with Gasteiger partial charge < -0.3 is 9.64 Å². The van der Waals surface area contributed by atoms with E-state index in [1.165, 1.54) is 0 Å². The summed E-state index contributed by atoms with van der Waals surface area (Å²) in [5.41, 5.74) is 5.43. The summed E-state index contributed by atoms with van der Waals surface area (Å²) in [4.78, 5) is 39.0. The van der Waals surface area contributed by atoms with E-state index in [9.17, 15) is 14.8 Å². The van der Waals surface area contributed by atoms with Gasteiger partial charge in [-0.15, -0.1) is 0 Å². The van der Waals surface area contributed by atoms with Gasteiger partial charge in [0.05, 0.1) is 25.7 Å². The third kappa shape index (κ3) is 6.49. The van der Waals surface area contributed by atoms with Crippen molar-refractivity contribution in [3.05, 3.63) is 5.82 Å². The number of unbranched alkanes of at least 4 members (excludes halogenated alkanes) is 2. The Bertz CT molecular complexity index is 710. The Balaban J connectivity index is 1.65. The number of carbonyl (C=O) groups is 2. The lowest BCUT2D eigenvalue weighted by molar-refractivity contribution is -0.154. The van der Waals surface area contributed by atoms with E-state index in [0.717, 1.165) is 37.9 Å². The second-order valence-corrected chi connectivity index (χ2v) is 7.73. The monoisotopic (exact) mass is 421 g/mol. The minimum atomic E-state index is -0.539. The van der Waals surface area contributed by atoms with Gasteiger partial charge in [-0.2, -0.15) is 15.0 Å². The molecule has 1 aliphatic heterocycles. The van der Waals surface area contributed by atoms with Crippen molar-refractivity contribution >= 4 is 24.2 Å². The summed E-state index contributed by atoms with van der Waals surface area (Å²) in [6, 6.07) is 0. The number of anilines is 2. The van der Waals surface area contributed by atoms with Crippen LogP contribution in [0.15, 0.2) is 0 Å². The van der Waals surface area contributed by atoms with E-state index in [1.54, 1.807) is 0 Å². The molecule has 3 rings (SSSR count). The van der Waals surface area contributed by atoms with Crippen LogP contribution in [0.2, 0.25) is 0 Å². The first-order valence-electron chi connectivity index (χ1n) is 10.7. The first-order chi connectivity index (χ1) is 14.6. The van der Waals surface area contributed by atoms with Gasteiger partial charge >= 0.3 is 0 Å². The number of nitrogens with zero attached hydrogens (tertiary/aromatic N) is 5. The molecule has 11 heteroatoms. The first kappa shape index (κ1) is 22.2. The smallest absolute Gasteiger partial charge is 0.246 e. The lowest BCUT2D eigenvalue weighted by Gasteiger charge is -2.27. The summed E-state index contributed by atoms with van der Waals surface area (Å²) in [7, 11) is 0. The molecule has 1 saturated heterocycles. The molecule has 0 radical (unpaired) electrons. The number of morpholine rings is 1. The topological polar surface area (TPSA) is 133 Å². The van der Waals surface area contributed by atoms with Gasteiger partial charge in [-0.3, -0.25) is 25.6 Å². The fourth-order valence-electron chi connectivity index (χ4n) is 3.30. The minimum absolute atomic E-state index is 0.0652. The molecule has 0 aromatic carbocycles. The molecular formula is C19H31N7O4. The molecule has 1 aromatic rings. The number of hydrazine groups is 1. The average molecular weight is 422 g/mol. The number of amides is 2. The third-order valence-electron chi connectivity index (χ3n) is 5.23. The molecule has 2 heterocycles. The normalized spacial score (nSPS) is 17.3. The minimum Gasteiger partial charge on any atom is -0.378 e. The van der Waals surface area contributed by atoms with Gasteiger partial charge in [0.2, 0.25) is 24.2 Å². The maximum atomic E-state index is 12.7. The lowest BCUT2D eigenvalue weighted by Crippen LogP contribution is -2.41. The van der Waals surface area contributed by atoms with Gasteiger partial charge in [0, 0.05) is 19.0 Å². The molecule has 1 saturated carbocycles. The summed E-state index contributed by atoms with van der Waals surface area (Å²) in [6.45, 7) is 4.67. The largest absolute Gasteiger partial charge is 0.378 e. The Kier molecular flexibility index (Phi) is 8.14. The van der Waals surface area contributed by atoms with Crippen molar-refractivity contribution in [1.29, 1.82) is 0 Å². The zero-order valence-electron chi connectivity index (χ0n) is 17.4. The fourth-order valence-corrected chi connectivity index (χ4v) is 3.30. The summed E-state index contributed by atoms with van der Waals surface area (Å²) in [6.07, 6.45) is 5.80. The van der Waals surface area contributed by atoms with E-state index in [0.29, 0.717) is 56.1 Å². The fraction of sp³-hybridized carbons (Fsp3) is 0.737. The Morgan fingerprint density at radius 1 is 1.30 bits per heavy atom. The standard InChI is InChI=1S/C19H31N7O4/c1-2-3-4-5-15(12-26(29)13-27)17(28)23-24-18-20-16(14-6-7-14)21-19(22-18)25-8-10-30-11-9-25/h13-15,29H,2-12H2,1H3,(H,23,28)(H,20,21,22,24)/t15-/m1/s1. The molecule has 2 amide bonds. The van der Waals surface area contributed by atoms with Crippen molar-refractivity contribution in [3.8, 4) is 0 Å². The second kappa shape index (κ2) is 11.0. The number of nitrogens with one attached hydrogen (secondary N) is 2. The maximum absolute atomic E-state index is 12.7. The summed E-state index contributed by atoms with van der Waals surface area (Å²) in [5, 5.41) is 10.0. The Morgan fingerprint density at radius 2 is 2.07 bits per heavy atom. The molecule has 1 aromatic heterocycles. The van der Waals surface area contributed by atoms with Gasteiger partial charge in [-0.05, 0) is 19.3 Å². The first-order valence-corrected chi connectivity index (χ1v) is 10.7. The van der Waals surface area contributed by atoms with E-state index in [4.69, 9.17) is 4.74 Å². The van der Waals surface area contributed by atoms with Gasteiger partial charge in [0.1, 0.15) is 5.82 Å². The predicted molar refractivity (Wildman–Crippen MR) is 109 cm³/mol. The number of hydroxylamine groups is 2. The number of aromatic nitrogens is 3. The van der Waals surface area contributed by atoms with Crippen molar-refractivity contribution in [2.45, 2.75) is 51.4 Å². The van der Waals surface area contributed by atoms with Gasteiger partial charge in [0.25, 0.3) is 0 Å². The number of hydrogen-bond acceptors (Lipinski definition) is 9. The highest BCUT2D eigenvalue weighted by Gasteiger charge is 2.29. The lowest BCUT2D eigenvalue weighted by atomic mass is 10.0. The van der Waals surface area contributed by atoms with Crippen LogP contribution in [0.5, 0.6) is 0 Å². The SMILES string of the molecule is CCCCC[C@H](CN(O)C=O)C(=O)NNc1nc(C2CC2)nc(N2CCOCC2)n1. The molecule has 11 nitrogen and oxygen atoms in total. The van der Waals surface area contributed by atoms with E-state index < -0.39 is 5.92 Å². The van der Waals surface area contributed by atoms with E-state index in [-0.39, 0.29) is 18.4 Å². The molecule has 1 atom stereocenters. The number of rotatable bonds is 12. The Labute approximate surface area is 176 Å². The molecular weight excluding hydrogens is 390 g/mol. The summed E-state index contributed by atoms with van der Waals surface area (Å²) in [5.74, 6) is 1.06. The number of ether oxygens (including phenoxy) is 1. The Hall–Kier alpha value is -2.53. The maximum Gasteiger partial charge on any atom is 0.246 e. The van der Waals surface area contributed by atoms with Crippen LogP contribution < -0.4 is 15.8 Å². The zero-order valence-corrected chi connectivity index (χ0v) is 17.4. The Morgan fingerprint density at radius 3 is 2.73 bits per heavy atom. The van der Waals surface area contributed by atoms with Crippen molar-refractivity contribution in [2.24, 2.45) is 5.92 Å². The third-order valence-corrected chi connectivity index (χ3v) is 5.23. The van der Waals surface area contributed by atoms with Crippen molar-refractivity contribution < 1.29 is 19.5 Å². The van der Waals surface area contributed by atoms with Crippen molar-refractivity contribution in [1.82, 2.24) is 25.4 Å². The van der Waals surface area contributed by atoms with E-state index in [1.807, 2.05) is 4.90 Å². The van der Waals surface area contributed by atoms with Crippen LogP contribution in [0, 0.1) is 5.92 Å². The van der Waals surface area contributed by atoms with Gasteiger partial charge in [0.15, 0.2) is 0 Å². The second-order valence-electron chi connectivity index (χ2n) is 7.73. The van der Waals surface area contributed by atoms with Crippen molar-refractivity contribution in [2.75, 3.05) is 43.2 Å². The highest BCUT2D eigenvalue weighted by Crippen LogP contribution is 2.38. The summed E-state index contributed by atoms with van der Waals surface area (Å²) < 4.78 is 5.39. The molecule has 0 spiro atoms. The van der Waals surface area contributed by atoms with Crippen LogP contribution in [0.1, 0.15) is 57.2 Å². The van der Waals surface area contributed by atoms with Crippen LogP contribution in [0.25, 0.3) is 0 Å². The van der Waals surface area contributed by atoms with E-state index >= 15 is 0 Å². The molecule has 30 heavy (non-hydrogen) atoms. The van der Waals surface area contributed by atoms with Gasteiger partial charge in [-0.25, -0.2) is 5.06 Å². The quantitative estimate of drug-likeness (QED) is 0.196. The molecule has 1 aliphatic carbocycles.